The van der Waals surface area contributed by atoms with E-state index < -0.39 is 16.1 Å². The predicted octanol–water partition coefficient (Wildman–Crippen LogP) is 0.960. The van der Waals surface area contributed by atoms with Crippen LogP contribution in [0.2, 0.25) is 0 Å². The van der Waals surface area contributed by atoms with Crippen LogP contribution in [0.25, 0.3) is 0 Å². The Morgan fingerprint density at radius 3 is 2.74 bits per heavy atom. The van der Waals surface area contributed by atoms with E-state index in [4.69, 9.17) is 0 Å². The number of halogens is 1. The van der Waals surface area contributed by atoms with Gasteiger partial charge in [0.2, 0.25) is 5.91 Å². The van der Waals surface area contributed by atoms with Crippen LogP contribution in [0.5, 0.6) is 0 Å². The van der Waals surface area contributed by atoms with Crippen LogP contribution in [-0.4, -0.2) is 50.1 Å². The first-order valence-electron chi connectivity index (χ1n) is 7.51. The first kappa shape index (κ1) is 17.8. The summed E-state index contributed by atoms with van der Waals surface area (Å²) in [5, 5.41) is 2.70. The molecule has 1 aromatic carbocycles. The van der Waals surface area contributed by atoms with Gasteiger partial charge in [-0.2, -0.15) is 17.0 Å². The zero-order valence-electron chi connectivity index (χ0n) is 13.3. The van der Waals surface area contributed by atoms with E-state index in [-0.39, 0.29) is 24.8 Å². The van der Waals surface area contributed by atoms with Crippen molar-refractivity contribution in [2.24, 2.45) is 5.92 Å². The second-order valence-electron chi connectivity index (χ2n) is 5.80. The van der Waals surface area contributed by atoms with E-state index in [2.05, 4.69) is 5.32 Å². The molecule has 0 spiro atoms. The highest BCUT2D eigenvalue weighted by Gasteiger charge is 2.33. The van der Waals surface area contributed by atoms with E-state index in [1.54, 1.807) is 18.2 Å². The maximum Gasteiger partial charge on any atom is 0.281 e. The SMILES string of the molecule is CN(C)S(=O)(=O)N1CCCC(C(=O)NCc2ccccc2F)C1. The highest BCUT2D eigenvalue weighted by molar-refractivity contribution is 7.86. The molecule has 6 nitrogen and oxygen atoms in total. The third-order valence-electron chi connectivity index (χ3n) is 3.95. The second-order valence-corrected chi connectivity index (χ2v) is 7.94. The number of amides is 1. The fourth-order valence-corrected chi connectivity index (χ4v) is 3.76. The molecule has 8 heteroatoms. The van der Waals surface area contributed by atoms with Gasteiger partial charge in [0, 0.05) is 39.3 Å². The molecule has 1 N–H and O–H groups in total. The molecule has 1 saturated heterocycles. The topological polar surface area (TPSA) is 69.7 Å². The Morgan fingerprint density at radius 2 is 2.09 bits per heavy atom. The van der Waals surface area contributed by atoms with Crippen LogP contribution in [-0.2, 0) is 21.5 Å². The summed E-state index contributed by atoms with van der Waals surface area (Å²) in [4.78, 5) is 12.3. The number of piperidine rings is 1. The van der Waals surface area contributed by atoms with E-state index in [1.807, 2.05) is 0 Å². The zero-order chi connectivity index (χ0) is 17.0. The highest BCUT2D eigenvalue weighted by atomic mass is 32.2. The number of nitrogens with zero attached hydrogens (tertiary/aromatic N) is 2. The maximum absolute atomic E-state index is 13.5. The molecule has 1 aromatic rings. The van der Waals surface area contributed by atoms with Gasteiger partial charge in [-0.3, -0.25) is 4.79 Å². The summed E-state index contributed by atoms with van der Waals surface area (Å²) in [5.74, 6) is -1.02. The van der Waals surface area contributed by atoms with E-state index in [0.29, 0.717) is 24.9 Å². The van der Waals surface area contributed by atoms with Crippen molar-refractivity contribution in [3.05, 3.63) is 35.6 Å². The molecule has 1 unspecified atom stereocenters. The highest BCUT2D eigenvalue weighted by Crippen LogP contribution is 2.20. The van der Waals surface area contributed by atoms with Crippen LogP contribution < -0.4 is 5.32 Å². The summed E-state index contributed by atoms with van der Waals surface area (Å²) in [5.41, 5.74) is 0.412. The van der Waals surface area contributed by atoms with Gasteiger partial charge in [-0.05, 0) is 18.9 Å². The van der Waals surface area contributed by atoms with Gasteiger partial charge < -0.3 is 5.32 Å². The van der Waals surface area contributed by atoms with Crippen LogP contribution in [0.3, 0.4) is 0 Å². The molecule has 128 valence electrons. The molecule has 0 radical (unpaired) electrons. The Morgan fingerprint density at radius 1 is 1.39 bits per heavy atom. The van der Waals surface area contributed by atoms with Gasteiger partial charge in [-0.25, -0.2) is 4.39 Å². The quantitative estimate of drug-likeness (QED) is 0.866. The van der Waals surface area contributed by atoms with Crippen molar-refractivity contribution < 1.29 is 17.6 Å². The van der Waals surface area contributed by atoms with E-state index in [1.165, 1.54) is 24.5 Å². The third-order valence-corrected chi connectivity index (χ3v) is 5.86. The molecule has 23 heavy (non-hydrogen) atoms. The van der Waals surface area contributed by atoms with Crippen molar-refractivity contribution in [3.8, 4) is 0 Å². The Labute approximate surface area is 136 Å². The monoisotopic (exact) mass is 343 g/mol. The Kier molecular flexibility index (Phi) is 5.72. The molecule has 1 amide bonds. The van der Waals surface area contributed by atoms with Gasteiger partial charge >= 0.3 is 0 Å². The van der Waals surface area contributed by atoms with Crippen molar-refractivity contribution in [2.45, 2.75) is 19.4 Å². The molecule has 0 aromatic heterocycles. The number of rotatable bonds is 5. The lowest BCUT2D eigenvalue weighted by Crippen LogP contribution is -2.48. The molecule has 1 atom stereocenters. The molecule has 1 fully saturated rings. The summed E-state index contributed by atoms with van der Waals surface area (Å²) >= 11 is 0. The molecule has 0 bridgehead atoms. The Bertz CT molecular complexity index is 664. The molecular formula is C15H22FN3O3S. The van der Waals surface area contributed by atoms with Crippen LogP contribution in [0.15, 0.2) is 24.3 Å². The molecule has 1 aliphatic heterocycles. The minimum absolute atomic E-state index is 0.0996. The summed E-state index contributed by atoms with van der Waals surface area (Å²) in [6.45, 7) is 0.670. The van der Waals surface area contributed by atoms with Gasteiger partial charge in [0.15, 0.2) is 0 Å². The number of hydrogen-bond donors (Lipinski definition) is 1. The van der Waals surface area contributed by atoms with Gasteiger partial charge in [0.05, 0.1) is 5.92 Å². The van der Waals surface area contributed by atoms with Crippen LogP contribution in [0.4, 0.5) is 4.39 Å². The zero-order valence-corrected chi connectivity index (χ0v) is 14.1. The molecule has 0 aliphatic carbocycles. The first-order valence-corrected chi connectivity index (χ1v) is 8.91. The Hall–Kier alpha value is -1.51. The average Bonchev–Trinajstić information content (AvgIpc) is 2.53. The summed E-state index contributed by atoms with van der Waals surface area (Å²) in [6, 6.07) is 6.25. The van der Waals surface area contributed by atoms with Crippen LogP contribution in [0.1, 0.15) is 18.4 Å². The van der Waals surface area contributed by atoms with Gasteiger partial charge in [0.1, 0.15) is 5.82 Å². The van der Waals surface area contributed by atoms with Crippen molar-refractivity contribution in [2.75, 3.05) is 27.2 Å². The minimum atomic E-state index is -3.51. The lowest BCUT2D eigenvalue weighted by molar-refractivity contribution is -0.126. The fourth-order valence-electron chi connectivity index (χ4n) is 2.57. The van der Waals surface area contributed by atoms with Crippen molar-refractivity contribution in [1.82, 2.24) is 13.9 Å². The fraction of sp³-hybridized carbons (Fsp3) is 0.533. The predicted molar refractivity (Wildman–Crippen MR) is 85.2 cm³/mol. The molecule has 1 heterocycles. The van der Waals surface area contributed by atoms with Crippen molar-refractivity contribution in [3.63, 3.8) is 0 Å². The van der Waals surface area contributed by atoms with Gasteiger partial charge in [-0.1, -0.05) is 18.2 Å². The maximum atomic E-state index is 13.5. The van der Waals surface area contributed by atoms with Crippen LogP contribution in [0, 0.1) is 11.7 Å². The molecule has 1 aliphatic rings. The van der Waals surface area contributed by atoms with Crippen molar-refractivity contribution >= 4 is 16.1 Å². The summed E-state index contributed by atoms with van der Waals surface area (Å²) in [6.07, 6.45) is 1.26. The number of hydrogen-bond acceptors (Lipinski definition) is 3. The number of carbonyl (C=O) groups excluding carboxylic acids is 1. The number of carbonyl (C=O) groups is 1. The lowest BCUT2D eigenvalue weighted by Gasteiger charge is -2.32. The van der Waals surface area contributed by atoms with Crippen LogP contribution >= 0.6 is 0 Å². The normalized spacial score (nSPS) is 19.7. The summed E-state index contributed by atoms with van der Waals surface area (Å²) in [7, 11) is -0.575. The van der Waals surface area contributed by atoms with E-state index in [9.17, 15) is 17.6 Å². The lowest BCUT2D eigenvalue weighted by atomic mass is 9.99. The second kappa shape index (κ2) is 7.37. The molecule has 0 saturated carbocycles. The van der Waals surface area contributed by atoms with Gasteiger partial charge in [-0.15, -0.1) is 0 Å². The smallest absolute Gasteiger partial charge is 0.281 e. The first-order chi connectivity index (χ1) is 10.8. The van der Waals surface area contributed by atoms with Gasteiger partial charge in [0.25, 0.3) is 10.2 Å². The third kappa shape index (κ3) is 4.27. The number of benzene rings is 1. The average molecular weight is 343 g/mol. The Balaban J connectivity index is 1.96. The van der Waals surface area contributed by atoms with Crippen molar-refractivity contribution in [1.29, 1.82) is 0 Å². The largest absolute Gasteiger partial charge is 0.352 e. The van der Waals surface area contributed by atoms with E-state index >= 15 is 0 Å². The van der Waals surface area contributed by atoms with E-state index in [0.717, 1.165) is 4.31 Å². The molecular weight excluding hydrogens is 321 g/mol. The molecule has 2 rings (SSSR count). The summed E-state index contributed by atoms with van der Waals surface area (Å²) < 4.78 is 40.3. The standard InChI is InChI=1S/C15H22FN3O3S/c1-18(2)23(21,22)19-9-5-7-13(11-19)15(20)17-10-12-6-3-4-8-14(12)16/h3-4,6,8,13H,5,7,9-11H2,1-2H3,(H,17,20). The number of nitrogens with one attached hydrogen (secondary N) is 1. The minimum Gasteiger partial charge on any atom is -0.352 e.